The molecule has 162 valence electrons. The lowest BCUT2D eigenvalue weighted by Crippen LogP contribution is -2.40. The molecule has 1 aliphatic carbocycles. The van der Waals surface area contributed by atoms with Gasteiger partial charge < -0.3 is 0 Å². The molecule has 0 amide bonds. The van der Waals surface area contributed by atoms with Crippen LogP contribution in [0.5, 0.6) is 0 Å². The van der Waals surface area contributed by atoms with Crippen molar-refractivity contribution in [2.45, 2.75) is 160 Å². The van der Waals surface area contributed by atoms with Gasteiger partial charge in [0.2, 0.25) is 0 Å². The third-order valence-electron chi connectivity index (χ3n) is 7.19. The van der Waals surface area contributed by atoms with Gasteiger partial charge in [-0.2, -0.15) is 0 Å². The van der Waals surface area contributed by atoms with Gasteiger partial charge in [0.1, 0.15) is 0 Å². The molecule has 0 nitrogen and oxygen atoms in total. The minimum atomic E-state index is -0.776. The van der Waals surface area contributed by atoms with E-state index in [1.165, 1.54) is 83.5 Å². The number of rotatable bonds is 12. The van der Waals surface area contributed by atoms with E-state index >= 15 is 0 Å². The summed E-state index contributed by atoms with van der Waals surface area (Å²) in [7, 11) is -0.776. The zero-order valence-electron chi connectivity index (χ0n) is 20.3. The van der Waals surface area contributed by atoms with Crippen molar-refractivity contribution in [1.29, 1.82) is 0 Å². The maximum Gasteiger partial charge on any atom is 0.0508 e. The lowest BCUT2D eigenvalue weighted by atomic mass is 9.85. The highest BCUT2D eigenvalue weighted by molar-refractivity contribution is 6.66. The van der Waals surface area contributed by atoms with E-state index in [1.807, 2.05) is 0 Å². The van der Waals surface area contributed by atoms with Gasteiger partial charge in [-0.05, 0) is 21.5 Å². The van der Waals surface area contributed by atoms with Gasteiger partial charge in [-0.15, -0.1) is 0 Å². The van der Waals surface area contributed by atoms with Crippen molar-refractivity contribution in [3.63, 3.8) is 0 Å². The molecule has 0 aromatic rings. The van der Waals surface area contributed by atoms with Crippen molar-refractivity contribution in [2.75, 3.05) is 0 Å². The van der Waals surface area contributed by atoms with Gasteiger partial charge in [-0.25, -0.2) is 0 Å². The summed E-state index contributed by atoms with van der Waals surface area (Å²) in [5.41, 5.74) is 1.09. The minimum absolute atomic E-state index is 0.576. The first kappa shape index (κ1) is 25.3. The molecule has 0 atom stereocenters. The van der Waals surface area contributed by atoms with Crippen LogP contribution in [0.15, 0.2) is 0 Å². The Bertz CT molecular complexity index is 337. The molecular weight excluding hydrogens is 340 g/mol. The van der Waals surface area contributed by atoms with Crippen LogP contribution in [0.2, 0.25) is 15.6 Å². The van der Waals surface area contributed by atoms with Gasteiger partial charge in [0.05, 0.1) is 8.80 Å². The van der Waals surface area contributed by atoms with E-state index in [-0.39, 0.29) is 0 Å². The Labute approximate surface area is 175 Å². The molecule has 27 heavy (non-hydrogen) atoms. The van der Waals surface area contributed by atoms with Gasteiger partial charge in [-0.3, -0.25) is 0 Å². The van der Waals surface area contributed by atoms with Crippen LogP contribution in [0.3, 0.4) is 0 Å². The fourth-order valence-electron chi connectivity index (χ4n) is 6.44. The smallest absolute Gasteiger partial charge is 0.0508 e. The van der Waals surface area contributed by atoms with Crippen LogP contribution in [0.4, 0.5) is 0 Å². The van der Waals surface area contributed by atoms with Crippen molar-refractivity contribution in [1.82, 2.24) is 0 Å². The van der Waals surface area contributed by atoms with Crippen molar-refractivity contribution in [2.24, 2.45) is 5.92 Å². The van der Waals surface area contributed by atoms with Crippen molar-refractivity contribution >= 4 is 8.80 Å². The molecule has 0 N–H and O–H groups in total. The van der Waals surface area contributed by atoms with E-state index in [2.05, 4.69) is 48.5 Å². The highest BCUT2D eigenvalue weighted by atomic mass is 28.3. The lowest BCUT2D eigenvalue weighted by Gasteiger charge is -2.46. The van der Waals surface area contributed by atoms with E-state index in [0.29, 0.717) is 10.1 Å². The van der Waals surface area contributed by atoms with E-state index in [0.717, 1.165) is 11.5 Å². The van der Waals surface area contributed by atoms with E-state index in [1.54, 1.807) is 12.8 Å². The van der Waals surface area contributed by atoms with Crippen LogP contribution in [-0.4, -0.2) is 8.80 Å². The lowest BCUT2D eigenvalue weighted by molar-refractivity contribution is 0.320. The van der Waals surface area contributed by atoms with Crippen LogP contribution in [-0.2, 0) is 0 Å². The van der Waals surface area contributed by atoms with Gasteiger partial charge in [0.25, 0.3) is 0 Å². The fourth-order valence-corrected chi connectivity index (χ4v) is 12.9. The minimum Gasteiger partial charge on any atom is -0.0654 e. The summed E-state index contributed by atoms with van der Waals surface area (Å²) in [5.74, 6) is 1.06. The maximum absolute atomic E-state index is 2.53. The molecule has 0 spiro atoms. The Morgan fingerprint density at radius 1 is 0.593 bits per heavy atom. The number of unbranched alkanes of at least 4 members (excludes halogenated alkanes) is 9. The Kier molecular flexibility index (Phi) is 11.9. The summed E-state index contributed by atoms with van der Waals surface area (Å²) in [6.07, 6.45) is 22.4. The average Bonchev–Trinajstić information content (AvgIpc) is 2.55. The maximum atomic E-state index is 2.53. The molecule has 0 heterocycles. The predicted octanol–water partition coefficient (Wildman–Crippen LogP) is 9.69. The van der Waals surface area contributed by atoms with Crippen LogP contribution < -0.4 is 0 Å². The van der Waals surface area contributed by atoms with Crippen LogP contribution in [0.1, 0.15) is 145 Å². The second kappa shape index (κ2) is 12.7. The Balaban J connectivity index is 2.13. The van der Waals surface area contributed by atoms with Gasteiger partial charge in [0.15, 0.2) is 0 Å². The predicted molar refractivity (Wildman–Crippen MR) is 129 cm³/mol. The topological polar surface area (TPSA) is 0 Å². The number of hydrogen-bond donors (Lipinski definition) is 0. The zero-order valence-corrected chi connectivity index (χ0v) is 21.5. The molecular formula is C26H54Si. The molecule has 1 fully saturated rings. The molecule has 1 saturated carbocycles. The molecule has 0 aliphatic heterocycles. The summed E-state index contributed by atoms with van der Waals surface area (Å²) in [6.45, 7) is 17.5. The molecule has 0 radical (unpaired) electrons. The zero-order chi connectivity index (χ0) is 20.3. The standard InChI is InChI=1S/C26H54Si/c1-8-9-10-11-12-13-14-15-16-17-18-23-19-21-24(22-20-23)27(25(2,3)4)26(5,6)7/h23-24,27H,8-22H2,1-7H3. The summed E-state index contributed by atoms with van der Waals surface area (Å²) in [5, 5.41) is 1.15. The molecule has 1 rings (SSSR count). The fraction of sp³-hybridized carbons (Fsp3) is 1.00. The summed E-state index contributed by atoms with van der Waals surface area (Å²) in [6, 6.07) is 0. The molecule has 0 aromatic heterocycles. The van der Waals surface area contributed by atoms with Gasteiger partial charge >= 0.3 is 0 Å². The van der Waals surface area contributed by atoms with Crippen LogP contribution >= 0.6 is 0 Å². The van der Waals surface area contributed by atoms with E-state index in [4.69, 9.17) is 0 Å². The second-order valence-corrected chi connectivity index (χ2v) is 17.3. The first-order valence-electron chi connectivity index (χ1n) is 12.7. The Morgan fingerprint density at radius 2 is 1.00 bits per heavy atom. The highest BCUT2D eigenvalue weighted by Crippen LogP contribution is 2.52. The third kappa shape index (κ3) is 10.5. The Hall–Kier alpha value is 0.217. The van der Waals surface area contributed by atoms with Crippen LogP contribution in [0.25, 0.3) is 0 Å². The molecule has 0 saturated heterocycles. The molecule has 1 heteroatoms. The first-order valence-corrected chi connectivity index (χ1v) is 14.5. The van der Waals surface area contributed by atoms with E-state index < -0.39 is 8.80 Å². The highest BCUT2D eigenvalue weighted by Gasteiger charge is 2.42. The normalized spacial score (nSPS) is 21.8. The van der Waals surface area contributed by atoms with Crippen LogP contribution in [0, 0.1) is 5.92 Å². The molecule has 0 aromatic carbocycles. The largest absolute Gasteiger partial charge is 0.0654 e. The molecule has 0 unspecified atom stereocenters. The summed E-state index contributed by atoms with van der Waals surface area (Å²) >= 11 is 0. The van der Waals surface area contributed by atoms with Crippen molar-refractivity contribution < 1.29 is 0 Å². The Morgan fingerprint density at radius 3 is 1.41 bits per heavy atom. The summed E-state index contributed by atoms with van der Waals surface area (Å²) < 4.78 is 0. The first-order chi connectivity index (χ1) is 12.7. The van der Waals surface area contributed by atoms with E-state index in [9.17, 15) is 0 Å². The SMILES string of the molecule is CCCCCCCCCCCCC1CCC([SiH](C(C)(C)C)C(C)(C)C)CC1. The quantitative estimate of drug-likeness (QED) is 0.228. The van der Waals surface area contributed by atoms with Crippen molar-refractivity contribution in [3.05, 3.63) is 0 Å². The van der Waals surface area contributed by atoms with Gasteiger partial charge in [0, 0.05) is 0 Å². The van der Waals surface area contributed by atoms with Gasteiger partial charge in [-0.1, -0.05) is 145 Å². The second-order valence-electron chi connectivity index (χ2n) is 12.0. The third-order valence-corrected chi connectivity index (χ3v) is 12.5. The average molecular weight is 395 g/mol. The monoisotopic (exact) mass is 394 g/mol. The molecule has 1 aliphatic rings. The molecule has 0 bridgehead atoms. The van der Waals surface area contributed by atoms with Crippen molar-refractivity contribution in [3.8, 4) is 0 Å². The summed E-state index contributed by atoms with van der Waals surface area (Å²) in [4.78, 5) is 0. The number of hydrogen-bond acceptors (Lipinski definition) is 0.